The van der Waals surface area contributed by atoms with Crippen LogP contribution < -0.4 is 9.80 Å². The lowest BCUT2D eigenvalue weighted by Crippen LogP contribution is -2.46. The van der Waals surface area contributed by atoms with Gasteiger partial charge in [-0.05, 0) is 23.8 Å². The van der Waals surface area contributed by atoms with Crippen LogP contribution in [-0.4, -0.2) is 41.4 Å². The number of fused-ring (bicyclic) bond motifs is 1. The Morgan fingerprint density at radius 2 is 1.71 bits per heavy atom. The quantitative estimate of drug-likeness (QED) is 0.487. The van der Waals surface area contributed by atoms with Gasteiger partial charge < -0.3 is 9.80 Å². The summed E-state index contributed by atoms with van der Waals surface area (Å²) in [7, 11) is 0. The Balaban J connectivity index is 1.30. The number of hydrogen-bond acceptors (Lipinski definition) is 7. The molecule has 0 aliphatic carbocycles. The Labute approximate surface area is 183 Å². The molecule has 154 valence electrons. The molecule has 0 unspecified atom stereocenters. The van der Waals surface area contributed by atoms with Crippen LogP contribution in [0, 0.1) is 17.1 Å². The van der Waals surface area contributed by atoms with Gasteiger partial charge in [0.25, 0.3) is 0 Å². The largest absolute Gasteiger partial charge is 0.366 e. The molecule has 0 atom stereocenters. The SMILES string of the molecule is N#Cc1cnc2ccccc2c1N1CCN(c2nnc(Cc3ccc(F)cc3)s2)CC1. The minimum absolute atomic E-state index is 0.235. The van der Waals surface area contributed by atoms with Crippen LogP contribution in [0.15, 0.2) is 54.7 Å². The molecule has 5 rings (SSSR count). The van der Waals surface area contributed by atoms with Crippen LogP contribution in [0.25, 0.3) is 10.9 Å². The number of nitrogens with zero attached hydrogens (tertiary/aromatic N) is 6. The normalized spacial score (nSPS) is 14.1. The van der Waals surface area contributed by atoms with Crippen molar-refractivity contribution in [2.24, 2.45) is 0 Å². The Hall–Kier alpha value is -3.57. The van der Waals surface area contributed by atoms with Crippen LogP contribution in [-0.2, 0) is 6.42 Å². The molecule has 0 amide bonds. The van der Waals surface area contributed by atoms with E-state index in [1.54, 1.807) is 29.7 Å². The molecular weight excluding hydrogens is 411 g/mol. The number of anilines is 2. The van der Waals surface area contributed by atoms with Gasteiger partial charge in [0.05, 0.1) is 16.8 Å². The second kappa shape index (κ2) is 8.28. The third-order valence-corrected chi connectivity index (χ3v) is 6.44. The summed E-state index contributed by atoms with van der Waals surface area (Å²) in [6.45, 7) is 3.17. The molecule has 1 fully saturated rings. The van der Waals surface area contributed by atoms with Crippen molar-refractivity contribution in [1.82, 2.24) is 15.2 Å². The van der Waals surface area contributed by atoms with E-state index >= 15 is 0 Å². The second-order valence-electron chi connectivity index (χ2n) is 7.41. The molecule has 0 saturated carbocycles. The number of pyridine rings is 1. The van der Waals surface area contributed by atoms with Crippen molar-refractivity contribution in [2.75, 3.05) is 36.0 Å². The average Bonchev–Trinajstić information content (AvgIpc) is 3.28. The van der Waals surface area contributed by atoms with Gasteiger partial charge in [0.15, 0.2) is 0 Å². The first-order chi connectivity index (χ1) is 15.2. The first-order valence-corrected chi connectivity index (χ1v) is 10.9. The number of benzene rings is 2. The summed E-state index contributed by atoms with van der Waals surface area (Å²) in [5, 5.41) is 21.1. The zero-order chi connectivity index (χ0) is 21.2. The molecule has 0 spiro atoms. The van der Waals surface area contributed by atoms with Gasteiger partial charge in [0.1, 0.15) is 16.9 Å². The highest BCUT2D eigenvalue weighted by Crippen LogP contribution is 2.31. The molecule has 6 nitrogen and oxygen atoms in total. The Morgan fingerprint density at radius 3 is 2.48 bits per heavy atom. The topological polar surface area (TPSA) is 68.9 Å². The molecule has 1 aliphatic rings. The van der Waals surface area contributed by atoms with E-state index in [0.29, 0.717) is 12.0 Å². The molecule has 1 aliphatic heterocycles. The second-order valence-corrected chi connectivity index (χ2v) is 8.45. The van der Waals surface area contributed by atoms with Gasteiger partial charge in [-0.25, -0.2) is 4.39 Å². The molecule has 2 aromatic carbocycles. The van der Waals surface area contributed by atoms with E-state index in [4.69, 9.17) is 0 Å². The van der Waals surface area contributed by atoms with Crippen molar-refractivity contribution >= 4 is 33.1 Å². The van der Waals surface area contributed by atoms with Crippen molar-refractivity contribution in [3.8, 4) is 6.07 Å². The smallest absolute Gasteiger partial charge is 0.208 e. The number of aromatic nitrogens is 3. The number of halogens is 1. The molecule has 4 aromatic rings. The Morgan fingerprint density at radius 1 is 0.968 bits per heavy atom. The van der Waals surface area contributed by atoms with E-state index in [1.165, 1.54) is 12.1 Å². The van der Waals surface area contributed by atoms with E-state index in [1.807, 2.05) is 24.3 Å². The number of nitriles is 1. The molecular formula is C23H19FN6S. The van der Waals surface area contributed by atoms with Crippen molar-refractivity contribution in [3.63, 3.8) is 0 Å². The molecule has 31 heavy (non-hydrogen) atoms. The van der Waals surface area contributed by atoms with Gasteiger partial charge in [0, 0.05) is 44.2 Å². The summed E-state index contributed by atoms with van der Waals surface area (Å²) >= 11 is 1.57. The summed E-state index contributed by atoms with van der Waals surface area (Å²) in [4.78, 5) is 8.91. The fraction of sp³-hybridized carbons (Fsp3) is 0.217. The predicted octanol–water partition coefficient (Wildman–Crippen LogP) is 4.01. The summed E-state index contributed by atoms with van der Waals surface area (Å²) in [5.74, 6) is -0.235. The van der Waals surface area contributed by atoms with E-state index in [9.17, 15) is 9.65 Å². The van der Waals surface area contributed by atoms with E-state index in [2.05, 4.69) is 31.1 Å². The fourth-order valence-electron chi connectivity index (χ4n) is 3.89. The zero-order valence-corrected chi connectivity index (χ0v) is 17.5. The maximum Gasteiger partial charge on any atom is 0.208 e. The number of para-hydroxylation sites is 1. The fourth-order valence-corrected chi connectivity index (χ4v) is 4.82. The minimum Gasteiger partial charge on any atom is -0.366 e. The summed E-state index contributed by atoms with van der Waals surface area (Å²) in [6.07, 6.45) is 2.31. The summed E-state index contributed by atoms with van der Waals surface area (Å²) in [5.41, 5.74) is 3.47. The van der Waals surface area contributed by atoms with Gasteiger partial charge in [-0.2, -0.15) is 5.26 Å². The first-order valence-electron chi connectivity index (χ1n) is 10.1. The first kappa shape index (κ1) is 19.4. The zero-order valence-electron chi connectivity index (χ0n) is 16.7. The molecule has 3 heterocycles. The minimum atomic E-state index is -0.235. The van der Waals surface area contributed by atoms with Crippen LogP contribution in [0.1, 0.15) is 16.1 Å². The third kappa shape index (κ3) is 3.92. The van der Waals surface area contributed by atoms with E-state index < -0.39 is 0 Å². The molecule has 1 saturated heterocycles. The number of piperazine rings is 1. The maximum atomic E-state index is 13.1. The predicted molar refractivity (Wildman–Crippen MR) is 120 cm³/mol. The van der Waals surface area contributed by atoms with Crippen molar-refractivity contribution in [2.45, 2.75) is 6.42 Å². The molecule has 0 radical (unpaired) electrons. The van der Waals surface area contributed by atoms with Crippen LogP contribution in [0.4, 0.5) is 15.2 Å². The molecule has 8 heteroatoms. The summed E-state index contributed by atoms with van der Waals surface area (Å²) < 4.78 is 13.1. The standard InChI is InChI=1S/C23H19FN6S/c24-18-7-5-16(6-8-18)13-21-27-28-23(31-21)30-11-9-29(10-12-30)22-17(14-25)15-26-20-4-2-1-3-19(20)22/h1-8,15H,9-13H2. The molecule has 2 aromatic heterocycles. The maximum absolute atomic E-state index is 13.1. The molecule has 0 bridgehead atoms. The van der Waals surface area contributed by atoms with Gasteiger partial charge in [-0.1, -0.05) is 41.7 Å². The highest BCUT2D eigenvalue weighted by atomic mass is 32.1. The van der Waals surface area contributed by atoms with Gasteiger partial charge in [0.2, 0.25) is 5.13 Å². The van der Waals surface area contributed by atoms with Crippen LogP contribution >= 0.6 is 11.3 Å². The van der Waals surface area contributed by atoms with Crippen molar-refractivity contribution in [3.05, 3.63) is 76.7 Å². The summed E-state index contributed by atoms with van der Waals surface area (Å²) in [6, 6.07) is 16.7. The van der Waals surface area contributed by atoms with Gasteiger partial charge >= 0.3 is 0 Å². The monoisotopic (exact) mass is 430 g/mol. The van der Waals surface area contributed by atoms with Crippen molar-refractivity contribution < 1.29 is 4.39 Å². The van der Waals surface area contributed by atoms with Crippen LogP contribution in [0.5, 0.6) is 0 Å². The lowest BCUT2D eigenvalue weighted by molar-refractivity contribution is 0.627. The van der Waals surface area contributed by atoms with Crippen LogP contribution in [0.3, 0.4) is 0 Å². The highest BCUT2D eigenvalue weighted by molar-refractivity contribution is 7.15. The third-order valence-electron chi connectivity index (χ3n) is 5.46. The van der Waals surface area contributed by atoms with Gasteiger partial charge in [-0.3, -0.25) is 4.98 Å². The average molecular weight is 431 g/mol. The van der Waals surface area contributed by atoms with Gasteiger partial charge in [-0.15, -0.1) is 10.2 Å². The Bertz CT molecular complexity index is 1260. The van der Waals surface area contributed by atoms with Crippen LogP contribution in [0.2, 0.25) is 0 Å². The van der Waals surface area contributed by atoms with Crippen molar-refractivity contribution in [1.29, 1.82) is 5.26 Å². The lowest BCUT2D eigenvalue weighted by Gasteiger charge is -2.36. The van der Waals surface area contributed by atoms with E-state index in [0.717, 1.165) is 58.5 Å². The molecule has 0 N–H and O–H groups in total. The highest BCUT2D eigenvalue weighted by Gasteiger charge is 2.23. The van der Waals surface area contributed by atoms with E-state index in [-0.39, 0.29) is 5.82 Å². The Kier molecular flexibility index (Phi) is 5.18. The number of rotatable bonds is 4. The lowest BCUT2D eigenvalue weighted by atomic mass is 10.1. The number of hydrogen-bond donors (Lipinski definition) is 0.